The Morgan fingerprint density at radius 2 is 1.96 bits per heavy atom. The SMILES string of the molecule is CN(CCCOc1cccc(S(C)(=O)=O)c1)C(=O)CCc1ccc(Br)cc1F. The van der Waals surface area contributed by atoms with Crippen molar-refractivity contribution in [3.05, 3.63) is 58.3 Å². The molecule has 152 valence electrons. The molecule has 1 amide bonds. The molecule has 0 bridgehead atoms. The van der Waals surface area contributed by atoms with Gasteiger partial charge in [-0.2, -0.15) is 0 Å². The van der Waals surface area contributed by atoms with Gasteiger partial charge in [0.2, 0.25) is 5.91 Å². The number of sulfone groups is 1. The molecule has 0 atom stereocenters. The largest absolute Gasteiger partial charge is 0.493 e. The monoisotopic (exact) mass is 471 g/mol. The van der Waals surface area contributed by atoms with Crippen molar-refractivity contribution in [2.24, 2.45) is 0 Å². The van der Waals surface area contributed by atoms with Crippen LogP contribution in [0.15, 0.2) is 51.8 Å². The molecule has 0 radical (unpaired) electrons. The average Bonchev–Trinajstić information content (AvgIpc) is 2.63. The molecule has 0 spiro atoms. The number of amides is 1. The van der Waals surface area contributed by atoms with E-state index in [9.17, 15) is 17.6 Å². The van der Waals surface area contributed by atoms with E-state index in [1.165, 1.54) is 18.2 Å². The lowest BCUT2D eigenvalue weighted by molar-refractivity contribution is -0.129. The molecule has 0 aliphatic rings. The number of benzene rings is 2. The molecule has 0 fully saturated rings. The van der Waals surface area contributed by atoms with Crippen LogP contribution in [-0.2, 0) is 21.1 Å². The molecule has 0 saturated carbocycles. The standard InChI is InChI=1S/C20H23BrFNO4S/c1-23(20(24)10-8-15-7-9-16(21)13-19(15)22)11-4-12-27-17-5-3-6-18(14-17)28(2,25)26/h3,5-7,9,13-14H,4,8,10-12H2,1-2H3. The van der Waals surface area contributed by atoms with Crippen molar-refractivity contribution in [1.29, 1.82) is 0 Å². The van der Waals surface area contributed by atoms with E-state index >= 15 is 0 Å². The lowest BCUT2D eigenvalue weighted by Gasteiger charge is -2.17. The maximum Gasteiger partial charge on any atom is 0.222 e. The third kappa shape index (κ3) is 6.91. The van der Waals surface area contributed by atoms with Crippen molar-refractivity contribution in [1.82, 2.24) is 4.90 Å². The summed E-state index contributed by atoms with van der Waals surface area (Å²) >= 11 is 3.21. The Morgan fingerprint density at radius 1 is 1.21 bits per heavy atom. The van der Waals surface area contributed by atoms with Gasteiger partial charge in [0.15, 0.2) is 9.84 Å². The first-order valence-electron chi connectivity index (χ1n) is 8.77. The van der Waals surface area contributed by atoms with Crippen molar-refractivity contribution in [3.8, 4) is 5.75 Å². The van der Waals surface area contributed by atoms with Crippen molar-refractivity contribution in [2.75, 3.05) is 26.5 Å². The zero-order valence-corrected chi connectivity index (χ0v) is 18.2. The predicted octanol–water partition coefficient (Wildman–Crippen LogP) is 3.85. The summed E-state index contributed by atoms with van der Waals surface area (Å²) in [6.45, 7) is 0.847. The second-order valence-electron chi connectivity index (χ2n) is 6.50. The Balaban J connectivity index is 1.74. The number of halogens is 2. The van der Waals surface area contributed by atoms with Crippen LogP contribution in [0.2, 0.25) is 0 Å². The third-order valence-electron chi connectivity index (χ3n) is 4.19. The molecule has 0 aromatic heterocycles. The molecule has 0 heterocycles. The Kier molecular flexibility index (Phi) is 8.00. The molecule has 2 aromatic carbocycles. The second kappa shape index (κ2) is 10.0. The number of aryl methyl sites for hydroxylation is 1. The van der Waals surface area contributed by atoms with E-state index in [0.717, 1.165) is 6.26 Å². The number of rotatable bonds is 9. The summed E-state index contributed by atoms with van der Waals surface area (Å²) in [5, 5.41) is 0. The van der Waals surface area contributed by atoms with Gasteiger partial charge in [0, 0.05) is 30.7 Å². The predicted molar refractivity (Wildman–Crippen MR) is 110 cm³/mol. The second-order valence-corrected chi connectivity index (χ2v) is 9.43. The first-order chi connectivity index (χ1) is 13.2. The summed E-state index contributed by atoms with van der Waals surface area (Å²) in [4.78, 5) is 14.0. The average molecular weight is 472 g/mol. The fourth-order valence-corrected chi connectivity index (χ4v) is 3.56. The van der Waals surface area contributed by atoms with Crippen molar-refractivity contribution < 1.29 is 22.3 Å². The Labute approximate surface area is 173 Å². The highest BCUT2D eigenvalue weighted by Gasteiger charge is 2.11. The maximum absolute atomic E-state index is 13.8. The van der Waals surface area contributed by atoms with Crippen LogP contribution in [0.3, 0.4) is 0 Å². The van der Waals surface area contributed by atoms with E-state index in [1.54, 1.807) is 36.2 Å². The van der Waals surface area contributed by atoms with Crippen LogP contribution in [0.5, 0.6) is 5.75 Å². The number of nitrogens with zero attached hydrogens (tertiary/aromatic N) is 1. The van der Waals surface area contributed by atoms with Crippen LogP contribution in [0.25, 0.3) is 0 Å². The van der Waals surface area contributed by atoms with Gasteiger partial charge >= 0.3 is 0 Å². The zero-order chi connectivity index (χ0) is 20.7. The zero-order valence-electron chi connectivity index (χ0n) is 15.8. The minimum Gasteiger partial charge on any atom is -0.493 e. The first kappa shape index (κ1) is 22.4. The summed E-state index contributed by atoms with van der Waals surface area (Å²) in [6, 6.07) is 11.1. The van der Waals surface area contributed by atoms with Gasteiger partial charge in [-0.1, -0.05) is 28.1 Å². The van der Waals surface area contributed by atoms with Crippen LogP contribution in [0.4, 0.5) is 4.39 Å². The van der Waals surface area contributed by atoms with E-state index in [2.05, 4.69) is 15.9 Å². The highest BCUT2D eigenvalue weighted by molar-refractivity contribution is 9.10. The van der Waals surface area contributed by atoms with Crippen LogP contribution >= 0.6 is 15.9 Å². The molecule has 8 heteroatoms. The molecule has 5 nitrogen and oxygen atoms in total. The Morgan fingerprint density at radius 3 is 2.64 bits per heavy atom. The van der Waals surface area contributed by atoms with Gasteiger partial charge in [-0.05, 0) is 48.7 Å². The van der Waals surface area contributed by atoms with Crippen LogP contribution in [0, 0.1) is 5.82 Å². The molecule has 0 aliphatic carbocycles. The Hall–Kier alpha value is -1.93. The minimum atomic E-state index is -3.28. The lowest BCUT2D eigenvalue weighted by Crippen LogP contribution is -2.28. The van der Waals surface area contributed by atoms with Crippen LogP contribution in [-0.4, -0.2) is 45.7 Å². The van der Waals surface area contributed by atoms with E-state index in [-0.39, 0.29) is 23.0 Å². The lowest BCUT2D eigenvalue weighted by atomic mass is 10.1. The molecule has 0 unspecified atom stereocenters. The summed E-state index contributed by atoms with van der Waals surface area (Å²) in [6.07, 6.45) is 2.31. The molecule has 2 aromatic rings. The first-order valence-corrected chi connectivity index (χ1v) is 11.5. The van der Waals surface area contributed by atoms with Crippen molar-refractivity contribution >= 4 is 31.7 Å². The quantitative estimate of drug-likeness (QED) is 0.521. The highest BCUT2D eigenvalue weighted by atomic mass is 79.9. The van der Waals surface area contributed by atoms with Crippen molar-refractivity contribution in [2.45, 2.75) is 24.2 Å². The molecule has 28 heavy (non-hydrogen) atoms. The van der Waals surface area contributed by atoms with E-state index < -0.39 is 9.84 Å². The fraction of sp³-hybridized carbons (Fsp3) is 0.350. The van der Waals surface area contributed by atoms with Crippen LogP contribution in [0.1, 0.15) is 18.4 Å². The van der Waals surface area contributed by atoms with Gasteiger partial charge in [-0.3, -0.25) is 4.79 Å². The normalized spacial score (nSPS) is 11.3. The van der Waals surface area contributed by atoms with E-state index in [0.29, 0.717) is 41.8 Å². The summed E-state index contributed by atoms with van der Waals surface area (Å²) in [5.74, 6) is 0.0820. The molecule has 2 rings (SSSR count). The topological polar surface area (TPSA) is 63.7 Å². The van der Waals surface area contributed by atoms with Gasteiger partial charge in [-0.25, -0.2) is 12.8 Å². The maximum atomic E-state index is 13.8. The van der Waals surface area contributed by atoms with Crippen molar-refractivity contribution in [3.63, 3.8) is 0 Å². The number of hydrogen-bond donors (Lipinski definition) is 0. The van der Waals surface area contributed by atoms with E-state index in [1.807, 2.05) is 0 Å². The Bertz CT molecular complexity index is 934. The number of carbonyl (C=O) groups excluding carboxylic acids is 1. The molecular formula is C20H23BrFNO4S. The van der Waals surface area contributed by atoms with Crippen LogP contribution < -0.4 is 4.74 Å². The fourth-order valence-electron chi connectivity index (χ4n) is 2.57. The van der Waals surface area contributed by atoms with Gasteiger partial charge in [0.1, 0.15) is 11.6 Å². The highest BCUT2D eigenvalue weighted by Crippen LogP contribution is 2.18. The van der Waals surface area contributed by atoms with Gasteiger partial charge in [0.25, 0.3) is 0 Å². The third-order valence-corrected chi connectivity index (χ3v) is 5.79. The molecule has 0 aliphatic heterocycles. The van der Waals surface area contributed by atoms with Gasteiger partial charge < -0.3 is 9.64 Å². The van der Waals surface area contributed by atoms with Gasteiger partial charge in [0.05, 0.1) is 11.5 Å². The van der Waals surface area contributed by atoms with E-state index in [4.69, 9.17) is 4.74 Å². The smallest absolute Gasteiger partial charge is 0.222 e. The molecule has 0 N–H and O–H groups in total. The number of hydrogen-bond acceptors (Lipinski definition) is 4. The van der Waals surface area contributed by atoms with Gasteiger partial charge in [-0.15, -0.1) is 0 Å². The summed E-state index contributed by atoms with van der Waals surface area (Å²) in [7, 11) is -1.58. The molecular weight excluding hydrogens is 449 g/mol. The minimum absolute atomic E-state index is 0.0682. The summed E-state index contributed by atoms with van der Waals surface area (Å²) in [5.41, 5.74) is 0.513. The number of ether oxygens (including phenoxy) is 1. The number of carbonyl (C=O) groups is 1. The molecule has 0 saturated heterocycles. The summed E-state index contributed by atoms with van der Waals surface area (Å²) < 4.78 is 43.2.